The zero-order valence-electron chi connectivity index (χ0n) is 11.1. The lowest BCUT2D eigenvalue weighted by atomic mass is 9.95. The Bertz CT molecular complexity index is 590. The maximum Gasteiger partial charge on any atom is -0.00851 e. The molecule has 0 N–H and O–H groups in total. The Morgan fingerprint density at radius 1 is 1.00 bits per heavy atom. The number of fused-ring (bicyclic) bond motifs is 3. The van der Waals surface area contributed by atoms with Crippen LogP contribution in [0.3, 0.4) is 0 Å². The lowest BCUT2D eigenvalue weighted by Gasteiger charge is -2.10. The van der Waals surface area contributed by atoms with Crippen molar-refractivity contribution in [2.75, 3.05) is 0 Å². The van der Waals surface area contributed by atoms with Crippen LogP contribution in [-0.2, 0) is 6.42 Å². The van der Waals surface area contributed by atoms with E-state index < -0.39 is 0 Å². The molecule has 18 heavy (non-hydrogen) atoms. The van der Waals surface area contributed by atoms with Crippen LogP contribution in [0.25, 0.3) is 16.3 Å². The van der Waals surface area contributed by atoms with Gasteiger partial charge in [-0.05, 0) is 46.7 Å². The fraction of sp³-hybridized carbons (Fsp3) is 0.333. The average molecular weight is 236 g/mol. The predicted molar refractivity (Wildman–Crippen MR) is 79.8 cm³/mol. The average Bonchev–Trinajstić information content (AvgIpc) is 2.83. The van der Waals surface area contributed by atoms with Crippen LogP contribution in [0.2, 0.25) is 0 Å². The highest BCUT2D eigenvalue weighted by molar-refractivity contribution is 5.96. The first kappa shape index (κ1) is 11.5. The second-order valence-corrected chi connectivity index (χ2v) is 5.21. The summed E-state index contributed by atoms with van der Waals surface area (Å²) in [6, 6.07) is 13.3. The van der Waals surface area contributed by atoms with Gasteiger partial charge in [0.2, 0.25) is 0 Å². The van der Waals surface area contributed by atoms with Gasteiger partial charge in [0.05, 0.1) is 0 Å². The smallest absolute Gasteiger partial charge is 0.00851 e. The van der Waals surface area contributed by atoms with Crippen molar-refractivity contribution < 1.29 is 0 Å². The monoisotopic (exact) mass is 236 g/mol. The molecule has 0 nitrogen and oxygen atoms in total. The predicted octanol–water partition coefficient (Wildman–Crippen LogP) is 5.36. The largest absolute Gasteiger partial charge is 0.0763 e. The summed E-state index contributed by atoms with van der Waals surface area (Å²) in [4.78, 5) is 0. The van der Waals surface area contributed by atoms with E-state index in [1.807, 2.05) is 0 Å². The molecular weight excluding hydrogens is 216 g/mol. The van der Waals surface area contributed by atoms with E-state index in [0.29, 0.717) is 0 Å². The maximum absolute atomic E-state index is 2.44. The van der Waals surface area contributed by atoms with Gasteiger partial charge in [0.1, 0.15) is 0 Å². The van der Waals surface area contributed by atoms with Crippen molar-refractivity contribution in [2.45, 2.75) is 39.0 Å². The van der Waals surface area contributed by atoms with E-state index in [0.717, 1.165) is 6.42 Å². The summed E-state index contributed by atoms with van der Waals surface area (Å²) in [7, 11) is 0. The molecule has 0 spiro atoms. The normalized spacial score (nSPS) is 13.7. The van der Waals surface area contributed by atoms with E-state index in [4.69, 9.17) is 0 Å². The van der Waals surface area contributed by atoms with Gasteiger partial charge in [0, 0.05) is 0 Å². The van der Waals surface area contributed by atoms with E-state index in [1.54, 1.807) is 5.57 Å². The van der Waals surface area contributed by atoms with Crippen molar-refractivity contribution in [3.05, 3.63) is 53.6 Å². The first-order valence-corrected chi connectivity index (χ1v) is 7.10. The highest BCUT2D eigenvalue weighted by Gasteiger charge is 2.16. The van der Waals surface area contributed by atoms with Crippen LogP contribution in [0.1, 0.15) is 43.7 Å². The van der Waals surface area contributed by atoms with E-state index in [-0.39, 0.29) is 0 Å². The summed E-state index contributed by atoms with van der Waals surface area (Å²) in [6.45, 7) is 2.27. The zero-order valence-corrected chi connectivity index (χ0v) is 11.1. The first-order valence-electron chi connectivity index (χ1n) is 7.10. The van der Waals surface area contributed by atoms with Crippen LogP contribution in [-0.4, -0.2) is 0 Å². The quantitative estimate of drug-likeness (QED) is 0.627. The molecule has 0 bridgehead atoms. The molecule has 0 aliphatic heterocycles. The third-order valence-corrected chi connectivity index (χ3v) is 3.95. The van der Waals surface area contributed by atoms with Crippen molar-refractivity contribution in [3.63, 3.8) is 0 Å². The summed E-state index contributed by atoms with van der Waals surface area (Å²) in [5, 5.41) is 2.81. The van der Waals surface area contributed by atoms with Gasteiger partial charge in [-0.2, -0.15) is 0 Å². The van der Waals surface area contributed by atoms with Gasteiger partial charge in [-0.15, -0.1) is 0 Å². The lowest BCUT2D eigenvalue weighted by Crippen LogP contribution is -1.88. The van der Waals surface area contributed by atoms with E-state index in [2.05, 4.69) is 49.4 Å². The molecular formula is C18H20. The molecule has 0 atom stereocenters. The van der Waals surface area contributed by atoms with Crippen LogP contribution in [0.15, 0.2) is 42.5 Å². The van der Waals surface area contributed by atoms with Crippen molar-refractivity contribution >= 4 is 16.3 Å². The molecule has 0 saturated heterocycles. The molecule has 1 aliphatic carbocycles. The Balaban J connectivity index is 1.99. The minimum Gasteiger partial charge on any atom is -0.0763 e. The fourth-order valence-corrected chi connectivity index (χ4v) is 2.99. The van der Waals surface area contributed by atoms with Crippen molar-refractivity contribution in [3.8, 4) is 0 Å². The summed E-state index contributed by atoms with van der Waals surface area (Å²) in [5.41, 5.74) is 4.62. The van der Waals surface area contributed by atoms with Gasteiger partial charge in [0.15, 0.2) is 0 Å². The summed E-state index contributed by atoms with van der Waals surface area (Å²) in [5.74, 6) is 0. The van der Waals surface area contributed by atoms with Gasteiger partial charge < -0.3 is 0 Å². The molecule has 0 heteroatoms. The minimum absolute atomic E-state index is 1.13. The number of hydrogen-bond donors (Lipinski definition) is 0. The SMILES string of the molecule is CCCCCC1=CCc2ccc3ccccc3c21. The molecule has 0 heterocycles. The summed E-state index contributed by atoms with van der Waals surface area (Å²) in [6.07, 6.45) is 8.78. The third kappa shape index (κ3) is 1.96. The molecule has 0 fully saturated rings. The fourth-order valence-electron chi connectivity index (χ4n) is 2.99. The Hall–Kier alpha value is -1.56. The maximum atomic E-state index is 2.44. The highest BCUT2D eigenvalue weighted by atomic mass is 14.2. The lowest BCUT2D eigenvalue weighted by molar-refractivity contribution is 0.736. The van der Waals surface area contributed by atoms with E-state index in [1.165, 1.54) is 47.6 Å². The zero-order chi connectivity index (χ0) is 12.4. The first-order chi connectivity index (χ1) is 8.90. The number of rotatable bonds is 4. The van der Waals surface area contributed by atoms with Gasteiger partial charge in [-0.3, -0.25) is 0 Å². The standard InChI is InChI=1S/C18H20/c1-2-3-4-8-15-12-13-16-11-10-14-7-5-6-9-17(14)18(15)16/h5-7,9-12H,2-4,8,13H2,1H3. The summed E-state index contributed by atoms with van der Waals surface area (Å²) >= 11 is 0. The topological polar surface area (TPSA) is 0 Å². The van der Waals surface area contributed by atoms with E-state index >= 15 is 0 Å². The Morgan fingerprint density at radius 2 is 1.89 bits per heavy atom. The van der Waals surface area contributed by atoms with Crippen molar-refractivity contribution in [1.29, 1.82) is 0 Å². The summed E-state index contributed by atoms with van der Waals surface area (Å²) < 4.78 is 0. The molecule has 0 amide bonds. The Labute approximate surface area is 109 Å². The number of hydrogen-bond acceptors (Lipinski definition) is 0. The van der Waals surface area contributed by atoms with Crippen LogP contribution in [0.5, 0.6) is 0 Å². The molecule has 2 aromatic rings. The second kappa shape index (κ2) is 4.97. The molecule has 2 aromatic carbocycles. The Kier molecular flexibility index (Phi) is 3.19. The molecule has 0 radical (unpaired) electrons. The van der Waals surface area contributed by atoms with Crippen molar-refractivity contribution in [1.82, 2.24) is 0 Å². The molecule has 0 aromatic heterocycles. The molecule has 1 aliphatic rings. The third-order valence-electron chi connectivity index (χ3n) is 3.95. The molecule has 0 saturated carbocycles. The van der Waals surface area contributed by atoms with Crippen molar-refractivity contribution in [2.24, 2.45) is 0 Å². The molecule has 92 valence electrons. The van der Waals surface area contributed by atoms with Gasteiger partial charge >= 0.3 is 0 Å². The molecule has 3 rings (SSSR count). The number of allylic oxidation sites excluding steroid dienone is 2. The highest BCUT2D eigenvalue weighted by Crippen LogP contribution is 2.36. The minimum atomic E-state index is 1.13. The Morgan fingerprint density at radius 3 is 2.78 bits per heavy atom. The van der Waals surface area contributed by atoms with Gasteiger partial charge in [-0.1, -0.05) is 62.2 Å². The number of unbranched alkanes of at least 4 members (excludes halogenated alkanes) is 2. The van der Waals surface area contributed by atoms with Crippen LogP contribution < -0.4 is 0 Å². The van der Waals surface area contributed by atoms with Gasteiger partial charge in [0.25, 0.3) is 0 Å². The van der Waals surface area contributed by atoms with Crippen LogP contribution in [0.4, 0.5) is 0 Å². The molecule has 0 unspecified atom stereocenters. The van der Waals surface area contributed by atoms with Crippen LogP contribution >= 0.6 is 0 Å². The van der Waals surface area contributed by atoms with Gasteiger partial charge in [-0.25, -0.2) is 0 Å². The number of benzene rings is 2. The van der Waals surface area contributed by atoms with E-state index in [9.17, 15) is 0 Å². The van der Waals surface area contributed by atoms with Crippen LogP contribution in [0, 0.1) is 0 Å². The second-order valence-electron chi connectivity index (χ2n) is 5.21.